The summed E-state index contributed by atoms with van der Waals surface area (Å²) < 4.78 is 10.5. The van der Waals surface area contributed by atoms with Gasteiger partial charge in [0.15, 0.2) is 0 Å². The van der Waals surface area contributed by atoms with E-state index >= 15 is 0 Å². The Morgan fingerprint density at radius 1 is 1.19 bits per heavy atom. The number of nitrogens with zero attached hydrogens (tertiary/aromatic N) is 1. The van der Waals surface area contributed by atoms with Crippen LogP contribution in [0.5, 0.6) is 11.5 Å². The summed E-state index contributed by atoms with van der Waals surface area (Å²) in [6.45, 7) is 1.71. The first-order valence-electron chi connectivity index (χ1n) is 8.91. The van der Waals surface area contributed by atoms with E-state index in [9.17, 15) is 9.59 Å². The van der Waals surface area contributed by atoms with E-state index in [1.165, 1.54) is 10.4 Å². The van der Waals surface area contributed by atoms with Crippen LogP contribution < -0.4 is 14.8 Å². The van der Waals surface area contributed by atoms with Gasteiger partial charge in [-0.15, -0.1) is 11.3 Å². The number of carbonyl (C=O) groups excluding carboxylic acids is 2. The largest absolute Gasteiger partial charge is 0.497 e. The van der Waals surface area contributed by atoms with E-state index in [1.807, 2.05) is 11.0 Å². The van der Waals surface area contributed by atoms with Gasteiger partial charge in [-0.05, 0) is 41.6 Å². The van der Waals surface area contributed by atoms with Crippen molar-refractivity contribution in [3.8, 4) is 11.5 Å². The average molecular weight is 388 g/mol. The predicted molar refractivity (Wildman–Crippen MR) is 104 cm³/mol. The maximum Gasteiger partial charge on any atom is 0.223 e. The van der Waals surface area contributed by atoms with Crippen LogP contribution in [0.3, 0.4) is 0 Å². The SMILES string of the molecule is COc1ccc(OC)c(CNC(=O)CCC(=O)N2CCc3sccc3C2)c1. The maximum absolute atomic E-state index is 12.4. The summed E-state index contributed by atoms with van der Waals surface area (Å²) >= 11 is 1.75. The molecule has 0 aliphatic carbocycles. The van der Waals surface area contributed by atoms with Crippen molar-refractivity contribution >= 4 is 23.2 Å². The molecule has 1 aliphatic rings. The van der Waals surface area contributed by atoms with Crippen molar-refractivity contribution in [3.63, 3.8) is 0 Å². The van der Waals surface area contributed by atoms with E-state index in [2.05, 4.69) is 16.8 Å². The summed E-state index contributed by atoms with van der Waals surface area (Å²) in [5.41, 5.74) is 2.06. The highest BCUT2D eigenvalue weighted by molar-refractivity contribution is 7.10. The Balaban J connectivity index is 1.47. The maximum atomic E-state index is 12.4. The molecule has 0 bridgehead atoms. The number of rotatable bonds is 7. The van der Waals surface area contributed by atoms with Gasteiger partial charge >= 0.3 is 0 Å². The monoisotopic (exact) mass is 388 g/mol. The third-order valence-corrected chi connectivity index (χ3v) is 5.71. The molecule has 2 heterocycles. The van der Waals surface area contributed by atoms with E-state index in [0.29, 0.717) is 24.6 Å². The Labute approximate surface area is 163 Å². The van der Waals surface area contributed by atoms with Gasteiger partial charge in [-0.25, -0.2) is 0 Å². The average Bonchev–Trinajstić information content (AvgIpc) is 3.17. The first kappa shape index (κ1) is 19.2. The molecule has 6 nitrogen and oxygen atoms in total. The van der Waals surface area contributed by atoms with Crippen molar-refractivity contribution in [1.29, 1.82) is 0 Å². The second-order valence-corrected chi connectivity index (χ2v) is 7.39. The van der Waals surface area contributed by atoms with Gasteiger partial charge in [-0.3, -0.25) is 9.59 Å². The Hall–Kier alpha value is -2.54. The van der Waals surface area contributed by atoms with Crippen LogP contribution in [-0.4, -0.2) is 37.5 Å². The highest BCUT2D eigenvalue weighted by atomic mass is 32.1. The lowest BCUT2D eigenvalue weighted by Gasteiger charge is -2.27. The number of fused-ring (bicyclic) bond motifs is 1. The number of benzene rings is 1. The molecular formula is C20H24N2O4S. The number of nitrogens with one attached hydrogen (secondary N) is 1. The standard InChI is InChI=1S/C20H24N2O4S/c1-25-16-3-4-17(26-2)15(11-16)12-21-19(23)5-6-20(24)22-9-7-18-14(13-22)8-10-27-18/h3-4,8,10-11H,5-7,9,12-13H2,1-2H3,(H,21,23). The molecule has 2 aromatic rings. The van der Waals surface area contributed by atoms with Crippen LogP contribution in [0.4, 0.5) is 0 Å². The van der Waals surface area contributed by atoms with Crippen molar-refractivity contribution in [3.05, 3.63) is 45.6 Å². The molecule has 2 amide bonds. The zero-order chi connectivity index (χ0) is 19.2. The Morgan fingerprint density at radius 3 is 2.81 bits per heavy atom. The molecule has 0 spiro atoms. The van der Waals surface area contributed by atoms with Crippen LogP contribution in [0.1, 0.15) is 28.8 Å². The highest BCUT2D eigenvalue weighted by Crippen LogP contribution is 2.25. The molecule has 1 aliphatic heterocycles. The number of hydrogen-bond donors (Lipinski definition) is 1. The molecule has 144 valence electrons. The Morgan fingerprint density at radius 2 is 2.04 bits per heavy atom. The summed E-state index contributed by atoms with van der Waals surface area (Å²) in [7, 11) is 3.18. The Bertz CT molecular complexity index is 818. The van der Waals surface area contributed by atoms with Gasteiger partial charge < -0.3 is 19.7 Å². The van der Waals surface area contributed by atoms with Crippen LogP contribution in [0, 0.1) is 0 Å². The first-order chi connectivity index (χ1) is 13.1. The van der Waals surface area contributed by atoms with Crippen molar-refractivity contribution in [2.24, 2.45) is 0 Å². The first-order valence-corrected chi connectivity index (χ1v) is 9.79. The number of ether oxygens (including phenoxy) is 2. The third kappa shape index (κ3) is 4.80. The molecule has 0 radical (unpaired) electrons. The minimum atomic E-state index is -0.151. The molecule has 27 heavy (non-hydrogen) atoms. The van der Waals surface area contributed by atoms with Gasteiger partial charge in [0.1, 0.15) is 11.5 Å². The lowest BCUT2D eigenvalue weighted by molar-refractivity contribution is -0.134. The smallest absolute Gasteiger partial charge is 0.223 e. The Kier molecular flexibility index (Phi) is 6.34. The van der Waals surface area contributed by atoms with Crippen molar-refractivity contribution in [1.82, 2.24) is 10.2 Å². The van der Waals surface area contributed by atoms with E-state index in [0.717, 1.165) is 18.5 Å². The molecular weight excluding hydrogens is 364 g/mol. The summed E-state index contributed by atoms with van der Waals surface area (Å²) in [4.78, 5) is 27.8. The highest BCUT2D eigenvalue weighted by Gasteiger charge is 2.21. The number of thiophene rings is 1. The third-order valence-electron chi connectivity index (χ3n) is 4.69. The minimum absolute atomic E-state index is 0.0287. The van der Waals surface area contributed by atoms with Gasteiger partial charge in [0.05, 0.1) is 14.2 Å². The van der Waals surface area contributed by atoms with Crippen molar-refractivity contribution < 1.29 is 19.1 Å². The summed E-state index contributed by atoms with van der Waals surface area (Å²) in [5, 5.41) is 4.92. The fourth-order valence-electron chi connectivity index (χ4n) is 3.14. The molecule has 0 saturated carbocycles. The van der Waals surface area contributed by atoms with E-state index in [4.69, 9.17) is 9.47 Å². The van der Waals surface area contributed by atoms with E-state index < -0.39 is 0 Å². The summed E-state index contributed by atoms with van der Waals surface area (Å²) in [6, 6.07) is 7.52. The van der Waals surface area contributed by atoms with Crippen molar-refractivity contribution in [2.75, 3.05) is 20.8 Å². The van der Waals surface area contributed by atoms with Gasteiger partial charge in [-0.2, -0.15) is 0 Å². The zero-order valence-electron chi connectivity index (χ0n) is 15.6. The number of hydrogen-bond acceptors (Lipinski definition) is 5. The zero-order valence-corrected chi connectivity index (χ0v) is 16.4. The second-order valence-electron chi connectivity index (χ2n) is 6.39. The number of carbonyl (C=O) groups is 2. The lowest BCUT2D eigenvalue weighted by atomic mass is 10.1. The predicted octanol–water partition coefficient (Wildman–Crippen LogP) is 2.75. The van der Waals surface area contributed by atoms with Crippen LogP contribution in [-0.2, 0) is 29.1 Å². The van der Waals surface area contributed by atoms with E-state index in [-0.39, 0.29) is 24.7 Å². The molecule has 3 rings (SSSR count). The molecule has 0 saturated heterocycles. The molecule has 1 aromatic heterocycles. The van der Waals surface area contributed by atoms with Gasteiger partial charge in [-0.1, -0.05) is 0 Å². The minimum Gasteiger partial charge on any atom is -0.497 e. The molecule has 7 heteroatoms. The number of methoxy groups -OCH3 is 2. The fourth-order valence-corrected chi connectivity index (χ4v) is 4.03. The molecule has 0 atom stereocenters. The van der Waals surface area contributed by atoms with Gasteiger partial charge in [0.2, 0.25) is 11.8 Å². The van der Waals surface area contributed by atoms with Crippen molar-refractivity contribution in [2.45, 2.75) is 32.4 Å². The topological polar surface area (TPSA) is 67.9 Å². The quantitative estimate of drug-likeness (QED) is 0.792. The summed E-state index contributed by atoms with van der Waals surface area (Å²) in [5.74, 6) is 1.27. The van der Waals surface area contributed by atoms with Gasteiger partial charge in [0.25, 0.3) is 0 Å². The van der Waals surface area contributed by atoms with Crippen LogP contribution >= 0.6 is 11.3 Å². The second kappa shape index (κ2) is 8.90. The van der Waals surface area contributed by atoms with E-state index in [1.54, 1.807) is 37.7 Å². The van der Waals surface area contributed by atoms with Crippen LogP contribution in [0.2, 0.25) is 0 Å². The van der Waals surface area contributed by atoms with Gasteiger partial charge in [0, 0.05) is 42.9 Å². The molecule has 1 N–H and O–H groups in total. The van der Waals surface area contributed by atoms with Crippen LogP contribution in [0.15, 0.2) is 29.6 Å². The fraction of sp³-hybridized carbons (Fsp3) is 0.400. The number of amides is 2. The van der Waals surface area contributed by atoms with Crippen LogP contribution in [0.25, 0.3) is 0 Å². The molecule has 1 aromatic carbocycles. The summed E-state index contributed by atoms with van der Waals surface area (Å²) in [6.07, 6.45) is 1.30. The molecule has 0 fully saturated rings. The normalized spacial score (nSPS) is 13.0. The molecule has 0 unspecified atom stereocenters. The lowest BCUT2D eigenvalue weighted by Crippen LogP contribution is -2.36.